The van der Waals surface area contributed by atoms with Crippen molar-refractivity contribution in [1.29, 1.82) is 0 Å². The zero-order valence-corrected chi connectivity index (χ0v) is 23.3. The van der Waals surface area contributed by atoms with Crippen molar-refractivity contribution in [3.05, 3.63) is 92.6 Å². The van der Waals surface area contributed by atoms with Gasteiger partial charge in [-0.2, -0.15) is 13.2 Å². The number of rotatable bonds is 8. The van der Waals surface area contributed by atoms with Crippen LogP contribution in [0.25, 0.3) is 0 Å². The van der Waals surface area contributed by atoms with Crippen LogP contribution in [0.2, 0.25) is 10.0 Å². The zero-order valence-electron chi connectivity index (χ0n) is 21.8. The van der Waals surface area contributed by atoms with Gasteiger partial charge in [-0.3, -0.25) is 0 Å². The SMILES string of the molecule is COC(=O)c1cccc(C2CC2c2ccc(OCC3C(c4c(Cl)cccc4Cl)=NOC3C3CC3)nc2C(F)(F)F)c1. The predicted octanol–water partition coefficient (Wildman–Crippen LogP) is 7.67. The summed E-state index contributed by atoms with van der Waals surface area (Å²) in [5, 5.41) is 5.07. The molecule has 1 aliphatic heterocycles. The van der Waals surface area contributed by atoms with Crippen LogP contribution in [0.5, 0.6) is 5.88 Å². The summed E-state index contributed by atoms with van der Waals surface area (Å²) in [4.78, 5) is 21.6. The second-order valence-electron chi connectivity index (χ2n) is 10.5. The number of ether oxygens (including phenoxy) is 2. The van der Waals surface area contributed by atoms with Gasteiger partial charge < -0.3 is 14.3 Å². The van der Waals surface area contributed by atoms with Crippen molar-refractivity contribution in [3.63, 3.8) is 0 Å². The van der Waals surface area contributed by atoms with Gasteiger partial charge in [-0.1, -0.05) is 52.6 Å². The van der Waals surface area contributed by atoms with Gasteiger partial charge in [0, 0.05) is 11.6 Å². The molecule has 2 aromatic carbocycles. The predicted molar refractivity (Wildman–Crippen MR) is 147 cm³/mol. The first-order chi connectivity index (χ1) is 19.7. The third kappa shape index (κ3) is 5.62. The highest BCUT2D eigenvalue weighted by atomic mass is 35.5. The standard InChI is InChI=1S/C30H25Cl2F3N2O4/c1-39-29(38)17-5-2-4-16(12-17)19-13-20(19)18-10-11-24(36-28(18)30(33,34)35)40-14-21-26(37-41-27(21)15-8-9-15)25-22(31)6-3-7-23(25)32/h2-7,10-12,15,19-21,27H,8-9,13-14H2,1H3. The van der Waals surface area contributed by atoms with Gasteiger partial charge in [0.05, 0.1) is 28.6 Å². The Kier molecular flexibility index (Phi) is 7.36. The average molecular weight is 605 g/mol. The van der Waals surface area contributed by atoms with Crippen LogP contribution < -0.4 is 4.74 Å². The maximum absolute atomic E-state index is 14.2. The first-order valence-corrected chi connectivity index (χ1v) is 14.0. The third-order valence-corrected chi connectivity index (χ3v) is 8.46. The molecule has 4 unspecified atom stereocenters. The number of aromatic nitrogens is 1. The van der Waals surface area contributed by atoms with Crippen molar-refractivity contribution in [2.24, 2.45) is 17.0 Å². The molecule has 41 heavy (non-hydrogen) atoms. The van der Waals surface area contributed by atoms with E-state index in [1.54, 1.807) is 42.5 Å². The van der Waals surface area contributed by atoms with Gasteiger partial charge in [0.15, 0.2) is 5.69 Å². The maximum atomic E-state index is 14.2. The lowest BCUT2D eigenvalue weighted by atomic mass is 9.90. The Balaban J connectivity index is 1.23. The number of alkyl halides is 3. The van der Waals surface area contributed by atoms with E-state index in [4.69, 9.17) is 37.5 Å². The molecule has 2 aliphatic carbocycles. The first kappa shape index (κ1) is 27.8. The molecule has 1 aromatic heterocycles. The fourth-order valence-electron chi connectivity index (χ4n) is 5.56. The molecule has 3 aromatic rings. The molecule has 2 fully saturated rings. The van der Waals surface area contributed by atoms with E-state index in [0.717, 1.165) is 18.4 Å². The first-order valence-electron chi connectivity index (χ1n) is 13.2. The molecule has 0 bridgehead atoms. The molecule has 6 nitrogen and oxygen atoms in total. The van der Waals surface area contributed by atoms with Crippen molar-refractivity contribution in [3.8, 4) is 5.88 Å². The number of oxime groups is 1. The minimum absolute atomic E-state index is 0.00241. The fourth-order valence-corrected chi connectivity index (χ4v) is 6.15. The van der Waals surface area contributed by atoms with E-state index in [1.807, 2.05) is 0 Å². The van der Waals surface area contributed by atoms with Gasteiger partial charge in [-0.15, -0.1) is 0 Å². The summed E-state index contributed by atoms with van der Waals surface area (Å²) in [7, 11) is 1.28. The van der Waals surface area contributed by atoms with Crippen LogP contribution in [0.15, 0.2) is 59.8 Å². The third-order valence-electron chi connectivity index (χ3n) is 7.83. The number of pyridine rings is 1. The number of methoxy groups -OCH3 is 1. The number of esters is 1. The van der Waals surface area contributed by atoms with Gasteiger partial charge in [0.2, 0.25) is 5.88 Å². The number of benzene rings is 2. The Hall–Kier alpha value is -3.30. The fraction of sp³-hybridized carbons (Fsp3) is 0.367. The molecule has 11 heteroatoms. The molecular formula is C30H25Cl2F3N2O4. The highest BCUT2D eigenvalue weighted by Crippen LogP contribution is 2.57. The van der Waals surface area contributed by atoms with E-state index in [9.17, 15) is 18.0 Å². The Bertz CT molecular complexity index is 1510. The molecule has 214 valence electrons. The Morgan fingerprint density at radius 1 is 1.05 bits per heavy atom. The Labute approximate surface area is 244 Å². The van der Waals surface area contributed by atoms with Crippen molar-refractivity contribution < 1.29 is 32.3 Å². The number of halogens is 5. The van der Waals surface area contributed by atoms with E-state index in [1.165, 1.54) is 19.2 Å². The lowest BCUT2D eigenvalue weighted by molar-refractivity contribution is -0.142. The van der Waals surface area contributed by atoms with E-state index >= 15 is 0 Å². The van der Waals surface area contributed by atoms with Crippen LogP contribution >= 0.6 is 23.2 Å². The monoisotopic (exact) mass is 604 g/mol. The highest BCUT2D eigenvalue weighted by molar-refractivity contribution is 6.40. The van der Waals surface area contributed by atoms with Crippen molar-refractivity contribution in [2.45, 2.75) is 43.4 Å². The van der Waals surface area contributed by atoms with E-state index in [-0.39, 0.29) is 47.8 Å². The topological polar surface area (TPSA) is 70.0 Å². The number of nitrogens with zero attached hydrogens (tertiary/aromatic N) is 2. The molecule has 4 atom stereocenters. The molecule has 0 saturated heterocycles. The quantitative estimate of drug-likeness (QED) is 0.247. The summed E-state index contributed by atoms with van der Waals surface area (Å²) in [6.07, 6.45) is -2.52. The highest BCUT2D eigenvalue weighted by Gasteiger charge is 2.48. The molecule has 2 heterocycles. The summed E-state index contributed by atoms with van der Waals surface area (Å²) in [5.74, 6) is -1.29. The molecule has 6 rings (SSSR count). The van der Waals surface area contributed by atoms with E-state index in [0.29, 0.717) is 33.3 Å². The number of carbonyl (C=O) groups is 1. The van der Waals surface area contributed by atoms with Crippen LogP contribution in [-0.4, -0.2) is 36.5 Å². The van der Waals surface area contributed by atoms with E-state index < -0.39 is 17.8 Å². The van der Waals surface area contributed by atoms with Gasteiger partial charge in [0.25, 0.3) is 0 Å². The Morgan fingerprint density at radius 2 is 1.78 bits per heavy atom. The normalized spacial score (nSPS) is 23.5. The van der Waals surface area contributed by atoms with Gasteiger partial charge in [0.1, 0.15) is 18.4 Å². The number of hydrogen-bond acceptors (Lipinski definition) is 6. The molecule has 0 radical (unpaired) electrons. The largest absolute Gasteiger partial charge is 0.477 e. The zero-order chi connectivity index (χ0) is 28.9. The minimum Gasteiger partial charge on any atom is -0.477 e. The van der Waals surface area contributed by atoms with Gasteiger partial charge in [-0.25, -0.2) is 9.78 Å². The number of hydrogen-bond donors (Lipinski definition) is 0. The summed E-state index contributed by atoms with van der Waals surface area (Å²) < 4.78 is 53.3. The van der Waals surface area contributed by atoms with E-state index in [2.05, 4.69) is 10.1 Å². The van der Waals surface area contributed by atoms with Gasteiger partial charge in [-0.05, 0) is 72.4 Å². The van der Waals surface area contributed by atoms with Crippen LogP contribution in [0, 0.1) is 11.8 Å². The van der Waals surface area contributed by atoms with Crippen LogP contribution in [-0.2, 0) is 15.8 Å². The molecule has 2 saturated carbocycles. The summed E-state index contributed by atoms with van der Waals surface area (Å²) in [6, 6.07) is 14.8. The summed E-state index contributed by atoms with van der Waals surface area (Å²) in [6.45, 7) is -0.00241. The Morgan fingerprint density at radius 3 is 2.46 bits per heavy atom. The smallest absolute Gasteiger partial charge is 0.433 e. The van der Waals surface area contributed by atoms with Crippen molar-refractivity contribution in [2.75, 3.05) is 13.7 Å². The lowest BCUT2D eigenvalue weighted by Crippen LogP contribution is -2.32. The summed E-state index contributed by atoms with van der Waals surface area (Å²) in [5.41, 5.74) is 1.31. The molecule has 0 amide bonds. The van der Waals surface area contributed by atoms with Crippen LogP contribution in [0.3, 0.4) is 0 Å². The van der Waals surface area contributed by atoms with Crippen molar-refractivity contribution >= 4 is 34.9 Å². The average Bonchev–Trinajstić information content (AvgIpc) is 3.89. The van der Waals surface area contributed by atoms with Gasteiger partial charge >= 0.3 is 12.1 Å². The lowest BCUT2D eigenvalue weighted by Gasteiger charge is -2.20. The second kappa shape index (κ2) is 10.8. The van der Waals surface area contributed by atoms with Crippen LogP contribution in [0.1, 0.15) is 63.8 Å². The summed E-state index contributed by atoms with van der Waals surface area (Å²) >= 11 is 12.8. The molecule has 3 aliphatic rings. The number of carbonyl (C=O) groups excluding carboxylic acids is 1. The maximum Gasteiger partial charge on any atom is 0.433 e. The molecule has 0 spiro atoms. The van der Waals surface area contributed by atoms with Crippen molar-refractivity contribution in [1.82, 2.24) is 4.98 Å². The molecule has 0 N–H and O–H groups in total. The van der Waals surface area contributed by atoms with Crippen LogP contribution in [0.4, 0.5) is 13.2 Å². The minimum atomic E-state index is -4.68. The molecular weight excluding hydrogens is 580 g/mol. The second-order valence-corrected chi connectivity index (χ2v) is 11.4.